The summed E-state index contributed by atoms with van der Waals surface area (Å²) in [5.41, 5.74) is 2.59. The van der Waals surface area contributed by atoms with E-state index in [1.807, 2.05) is 24.4 Å². The average Bonchev–Trinajstić information content (AvgIpc) is 3.50. The molecule has 2 aliphatic rings. The summed E-state index contributed by atoms with van der Waals surface area (Å²) in [4.78, 5) is 25.9. The van der Waals surface area contributed by atoms with E-state index in [-0.39, 0.29) is 17.2 Å². The van der Waals surface area contributed by atoms with Gasteiger partial charge < -0.3 is 14.3 Å². The third-order valence-corrected chi connectivity index (χ3v) is 6.46. The lowest BCUT2D eigenvalue weighted by molar-refractivity contribution is -0.122. The van der Waals surface area contributed by atoms with Crippen LogP contribution in [0.4, 0.5) is 4.39 Å². The maximum atomic E-state index is 15.2. The van der Waals surface area contributed by atoms with E-state index in [2.05, 4.69) is 15.2 Å². The normalized spacial score (nSPS) is 17.7. The lowest BCUT2D eigenvalue weighted by atomic mass is 9.95. The molecule has 2 aromatic heterocycles. The van der Waals surface area contributed by atoms with E-state index in [0.717, 1.165) is 36.8 Å². The van der Waals surface area contributed by atoms with Crippen LogP contribution >= 0.6 is 0 Å². The third kappa shape index (κ3) is 2.74. The third-order valence-electron chi connectivity index (χ3n) is 6.46. The summed E-state index contributed by atoms with van der Waals surface area (Å²) >= 11 is 0. The van der Waals surface area contributed by atoms with Crippen molar-refractivity contribution >= 4 is 44.8 Å². The lowest BCUT2D eigenvalue weighted by Crippen LogP contribution is -2.29. The van der Waals surface area contributed by atoms with Gasteiger partial charge in [-0.3, -0.25) is 14.9 Å². The molecule has 0 radical (unpaired) electrons. The Bertz CT molecular complexity index is 1440. The Labute approximate surface area is 182 Å². The molecule has 0 saturated carbocycles. The molecule has 2 N–H and O–H groups in total. The van der Waals surface area contributed by atoms with E-state index in [1.54, 1.807) is 24.5 Å². The number of rotatable bonds is 3. The fraction of sp³-hybridized carbons (Fsp3) is 0.200. The highest BCUT2D eigenvalue weighted by atomic mass is 19.1. The van der Waals surface area contributed by atoms with Crippen LogP contribution in [0, 0.1) is 5.82 Å². The van der Waals surface area contributed by atoms with Crippen LogP contribution in [0.15, 0.2) is 59.3 Å². The van der Waals surface area contributed by atoms with Gasteiger partial charge >= 0.3 is 0 Å². The number of carbonyl (C=O) groups excluding carboxylic acids is 2. The van der Waals surface area contributed by atoms with Crippen LogP contribution in [-0.2, 0) is 9.59 Å². The molecule has 0 spiro atoms. The second kappa shape index (κ2) is 7.17. The molecule has 160 valence electrons. The molecule has 6 nitrogen and oxygen atoms in total. The largest absolute Gasteiger partial charge is 0.464 e. The maximum absolute atomic E-state index is 15.2. The molecule has 1 saturated heterocycles. The molecule has 0 unspecified atom stereocenters. The molecule has 0 atom stereocenters. The smallest absolute Gasteiger partial charge is 0.259 e. The summed E-state index contributed by atoms with van der Waals surface area (Å²) in [5, 5.41) is 6.93. The Kier molecular flexibility index (Phi) is 4.26. The predicted octanol–water partition coefficient (Wildman–Crippen LogP) is 4.02. The minimum Gasteiger partial charge on any atom is -0.464 e. The minimum atomic E-state index is -0.527. The van der Waals surface area contributed by atoms with Crippen molar-refractivity contribution in [1.29, 1.82) is 0 Å². The maximum Gasteiger partial charge on any atom is 0.259 e. The number of amides is 2. The number of nitrogens with one attached hydrogen (secondary N) is 2. The fourth-order valence-electron chi connectivity index (χ4n) is 5.00. The number of aromatic nitrogens is 1. The second-order valence-electron chi connectivity index (χ2n) is 8.24. The molecule has 0 aliphatic carbocycles. The van der Waals surface area contributed by atoms with Gasteiger partial charge in [0.1, 0.15) is 11.4 Å². The van der Waals surface area contributed by atoms with Gasteiger partial charge in [0.05, 0.1) is 22.9 Å². The number of furan rings is 1. The summed E-state index contributed by atoms with van der Waals surface area (Å²) in [6.45, 7) is 1.75. The van der Waals surface area contributed by atoms with E-state index in [0.29, 0.717) is 22.1 Å². The summed E-state index contributed by atoms with van der Waals surface area (Å²) in [7, 11) is 0. The van der Waals surface area contributed by atoms with E-state index in [9.17, 15) is 9.59 Å². The first-order chi connectivity index (χ1) is 15.6. The molecule has 0 bridgehead atoms. The van der Waals surface area contributed by atoms with Crippen LogP contribution in [0.3, 0.4) is 0 Å². The zero-order chi connectivity index (χ0) is 21.8. The van der Waals surface area contributed by atoms with Gasteiger partial charge in [0, 0.05) is 34.1 Å². The molecule has 7 heteroatoms. The van der Waals surface area contributed by atoms with Crippen molar-refractivity contribution in [1.82, 2.24) is 15.2 Å². The van der Waals surface area contributed by atoms with Crippen molar-refractivity contribution in [3.8, 4) is 0 Å². The van der Waals surface area contributed by atoms with Gasteiger partial charge in [-0.2, -0.15) is 0 Å². The van der Waals surface area contributed by atoms with Crippen LogP contribution in [-0.4, -0.2) is 29.5 Å². The van der Waals surface area contributed by atoms with Crippen molar-refractivity contribution in [3.63, 3.8) is 0 Å². The Morgan fingerprint density at radius 3 is 2.50 bits per heavy atom. The number of carbonyl (C=O) groups is 2. The first-order valence-electron chi connectivity index (χ1n) is 10.7. The summed E-state index contributed by atoms with van der Waals surface area (Å²) in [5.74, 6) is -1.45. The van der Waals surface area contributed by atoms with E-state index >= 15 is 4.39 Å². The first-order valence-corrected chi connectivity index (χ1v) is 10.7. The van der Waals surface area contributed by atoms with Crippen molar-refractivity contribution in [2.45, 2.75) is 18.9 Å². The van der Waals surface area contributed by atoms with Gasteiger partial charge in [-0.1, -0.05) is 24.3 Å². The van der Waals surface area contributed by atoms with Gasteiger partial charge in [-0.05, 0) is 44.1 Å². The lowest BCUT2D eigenvalue weighted by Gasteiger charge is -2.25. The summed E-state index contributed by atoms with van der Waals surface area (Å²) < 4.78 is 22.8. The Morgan fingerprint density at radius 1 is 0.938 bits per heavy atom. The zero-order valence-electron chi connectivity index (χ0n) is 17.2. The SMILES string of the molecule is O=C1NC(=O)C(c2cn(C3CCNCC3)c3cccc(F)c23)=C1c1cccc2ccoc12. The molecule has 6 rings (SSSR count). The first kappa shape index (κ1) is 19.0. The number of nitrogens with zero attached hydrogens (tertiary/aromatic N) is 1. The van der Waals surface area contributed by atoms with E-state index < -0.39 is 17.6 Å². The van der Waals surface area contributed by atoms with E-state index in [4.69, 9.17) is 4.42 Å². The fourth-order valence-corrected chi connectivity index (χ4v) is 5.00. The standard InChI is InChI=1S/C25H20FN3O3/c26-18-5-2-6-19-20(18)17(13-29(19)15-7-10-27-11-8-15)22-21(24(30)28-25(22)31)16-4-1-3-14-9-12-32-23(14)16/h1-6,9,12-13,15,27H,7-8,10-11H2,(H,28,30,31). The Hall–Kier alpha value is -3.71. The number of hydrogen-bond donors (Lipinski definition) is 2. The number of benzene rings is 2. The molecule has 4 heterocycles. The van der Waals surface area contributed by atoms with Gasteiger partial charge in [-0.15, -0.1) is 0 Å². The van der Waals surface area contributed by atoms with Crippen molar-refractivity contribution in [2.75, 3.05) is 13.1 Å². The summed E-state index contributed by atoms with van der Waals surface area (Å²) in [6, 6.07) is 12.4. The van der Waals surface area contributed by atoms with Crippen molar-refractivity contribution in [2.24, 2.45) is 0 Å². The Balaban J connectivity index is 1.66. The molecule has 32 heavy (non-hydrogen) atoms. The molecule has 2 amide bonds. The molecule has 2 aliphatic heterocycles. The van der Waals surface area contributed by atoms with E-state index in [1.165, 1.54) is 6.07 Å². The van der Waals surface area contributed by atoms with Crippen LogP contribution in [0.5, 0.6) is 0 Å². The molecular weight excluding hydrogens is 409 g/mol. The van der Waals surface area contributed by atoms with Crippen molar-refractivity contribution < 1.29 is 18.4 Å². The number of para-hydroxylation sites is 1. The second-order valence-corrected chi connectivity index (χ2v) is 8.24. The number of fused-ring (bicyclic) bond motifs is 2. The number of piperidine rings is 1. The monoisotopic (exact) mass is 429 g/mol. The molecule has 4 aromatic rings. The molecule has 1 fully saturated rings. The topological polar surface area (TPSA) is 76.3 Å². The van der Waals surface area contributed by atoms with Gasteiger partial charge in [0.25, 0.3) is 11.8 Å². The highest BCUT2D eigenvalue weighted by Gasteiger charge is 2.36. The van der Waals surface area contributed by atoms with Gasteiger partial charge in [0.15, 0.2) is 0 Å². The molecular formula is C25H20FN3O3. The minimum absolute atomic E-state index is 0.182. The van der Waals surface area contributed by atoms with Crippen molar-refractivity contribution in [3.05, 3.63) is 71.9 Å². The Morgan fingerprint density at radius 2 is 1.69 bits per heavy atom. The van der Waals surface area contributed by atoms with Crippen LogP contribution in [0.2, 0.25) is 0 Å². The van der Waals surface area contributed by atoms with Gasteiger partial charge in [-0.25, -0.2) is 4.39 Å². The predicted molar refractivity (Wildman–Crippen MR) is 119 cm³/mol. The quantitative estimate of drug-likeness (QED) is 0.483. The highest BCUT2D eigenvalue weighted by Crippen LogP contribution is 2.40. The number of hydrogen-bond acceptors (Lipinski definition) is 4. The van der Waals surface area contributed by atoms with Crippen LogP contribution in [0.25, 0.3) is 33.0 Å². The van der Waals surface area contributed by atoms with Crippen LogP contribution in [0.1, 0.15) is 30.0 Å². The zero-order valence-corrected chi connectivity index (χ0v) is 17.2. The van der Waals surface area contributed by atoms with Crippen LogP contribution < -0.4 is 10.6 Å². The van der Waals surface area contributed by atoms with Gasteiger partial charge in [0.2, 0.25) is 0 Å². The molecule has 2 aromatic carbocycles. The highest BCUT2D eigenvalue weighted by molar-refractivity contribution is 6.50. The summed E-state index contributed by atoms with van der Waals surface area (Å²) in [6.07, 6.45) is 5.19. The number of halogens is 1. The average molecular weight is 429 g/mol. The number of imide groups is 1.